The van der Waals surface area contributed by atoms with Crippen LogP contribution in [0.15, 0.2) is 46.1 Å². The number of fused-ring (bicyclic) bond motifs is 1. The average molecular weight is 213 g/mol. The van der Waals surface area contributed by atoms with Gasteiger partial charge < -0.3 is 15.1 Å². The molecule has 1 aromatic heterocycles. The zero-order valence-corrected chi connectivity index (χ0v) is 8.63. The number of nitrogens with two attached hydrogens (primary N) is 1. The maximum absolute atomic E-state index is 5.72. The molecule has 0 unspecified atom stereocenters. The number of anilines is 2. The molecule has 1 aliphatic heterocycles. The standard InChI is InChI=1S/C12H11N3O/c13-10-1-2-11-9(7-10)8-12(16-11)15-5-3-14-4-6-15/h1-5,7-8H,6,13H2. The summed E-state index contributed by atoms with van der Waals surface area (Å²) in [5.74, 6) is 0.808. The molecule has 0 saturated heterocycles. The average Bonchev–Trinajstić information content (AvgIpc) is 2.73. The monoisotopic (exact) mass is 213 g/mol. The second-order valence-electron chi connectivity index (χ2n) is 3.66. The van der Waals surface area contributed by atoms with Crippen LogP contribution in [0.25, 0.3) is 11.0 Å². The van der Waals surface area contributed by atoms with Crippen molar-refractivity contribution in [1.29, 1.82) is 0 Å². The predicted molar refractivity (Wildman–Crippen MR) is 65.6 cm³/mol. The maximum atomic E-state index is 5.72. The van der Waals surface area contributed by atoms with Crippen molar-refractivity contribution in [2.75, 3.05) is 17.2 Å². The first kappa shape index (κ1) is 9.03. The highest BCUT2D eigenvalue weighted by Gasteiger charge is 2.10. The van der Waals surface area contributed by atoms with Crippen LogP contribution in [0.1, 0.15) is 0 Å². The van der Waals surface area contributed by atoms with Crippen LogP contribution in [0, 0.1) is 0 Å². The lowest BCUT2D eigenvalue weighted by Crippen LogP contribution is -2.19. The van der Waals surface area contributed by atoms with E-state index in [-0.39, 0.29) is 0 Å². The summed E-state index contributed by atoms with van der Waals surface area (Å²) in [6, 6.07) is 7.61. The van der Waals surface area contributed by atoms with Gasteiger partial charge in [-0.3, -0.25) is 4.99 Å². The quantitative estimate of drug-likeness (QED) is 0.740. The molecule has 4 heteroatoms. The third kappa shape index (κ3) is 1.44. The normalized spacial score (nSPS) is 14.9. The highest BCUT2D eigenvalue weighted by molar-refractivity contribution is 5.84. The van der Waals surface area contributed by atoms with Gasteiger partial charge in [-0.05, 0) is 18.2 Å². The molecular formula is C12H11N3O. The van der Waals surface area contributed by atoms with Crippen molar-refractivity contribution >= 4 is 28.8 Å². The molecule has 0 radical (unpaired) electrons. The zero-order chi connectivity index (χ0) is 11.0. The van der Waals surface area contributed by atoms with Crippen LogP contribution in [0.5, 0.6) is 0 Å². The molecule has 16 heavy (non-hydrogen) atoms. The zero-order valence-electron chi connectivity index (χ0n) is 8.63. The number of nitrogen functional groups attached to an aromatic ring is 1. The SMILES string of the molecule is Nc1ccc2oc(N3C=CN=CC3)cc2c1. The summed E-state index contributed by atoms with van der Waals surface area (Å²) in [7, 11) is 0. The van der Waals surface area contributed by atoms with Gasteiger partial charge in [0.1, 0.15) is 5.58 Å². The molecular weight excluding hydrogens is 202 g/mol. The highest BCUT2D eigenvalue weighted by atomic mass is 16.4. The lowest BCUT2D eigenvalue weighted by atomic mass is 10.2. The Hall–Kier alpha value is -2.23. The summed E-state index contributed by atoms with van der Waals surface area (Å²) in [5, 5.41) is 1.02. The van der Waals surface area contributed by atoms with Gasteiger partial charge in [0.2, 0.25) is 5.88 Å². The molecule has 2 aromatic rings. The topological polar surface area (TPSA) is 54.8 Å². The van der Waals surface area contributed by atoms with Gasteiger partial charge in [0.15, 0.2) is 0 Å². The van der Waals surface area contributed by atoms with Crippen molar-refractivity contribution in [3.05, 3.63) is 36.7 Å². The van der Waals surface area contributed by atoms with Gasteiger partial charge in [0.05, 0.1) is 6.54 Å². The summed E-state index contributed by atoms with van der Waals surface area (Å²) in [6.07, 6.45) is 5.47. The molecule has 0 fully saturated rings. The molecule has 0 amide bonds. The minimum atomic E-state index is 0.728. The Kier molecular flexibility index (Phi) is 1.93. The van der Waals surface area contributed by atoms with Crippen molar-refractivity contribution in [2.45, 2.75) is 0 Å². The first-order valence-electron chi connectivity index (χ1n) is 5.07. The molecule has 1 aliphatic rings. The first-order valence-corrected chi connectivity index (χ1v) is 5.07. The predicted octanol–water partition coefficient (Wildman–Crippen LogP) is 2.38. The molecule has 4 nitrogen and oxygen atoms in total. The van der Waals surface area contributed by atoms with Crippen molar-refractivity contribution in [2.24, 2.45) is 4.99 Å². The molecule has 0 spiro atoms. The molecule has 1 aromatic carbocycles. The lowest BCUT2D eigenvalue weighted by molar-refractivity contribution is 0.611. The number of benzene rings is 1. The third-order valence-corrected chi connectivity index (χ3v) is 2.53. The van der Waals surface area contributed by atoms with Gasteiger partial charge in [-0.1, -0.05) is 0 Å². The van der Waals surface area contributed by atoms with Gasteiger partial charge in [0, 0.05) is 35.8 Å². The largest absolute Gasteiger partial charge is 0.440 e. The van der Waals surface area contributed by atoms with Crippen LogP contribution in [0.4, 0.5) is 11.6 Å². The second-order valence-corrected chi connectivity index (χ2v) is 3.66. The van der Waals surface area contributed by atoms with Crippen molar-refractivity contribution in [3.8, 4) is 0 Å². The second kappa shape index (κ2) is 3.41. The third-order valence-electron chi connectivity index (χ3n) is 2.53. The summed E-state index contributed by atoms with van der Waals surface area (Å²) in [4.78, 5) is 6.00. The molecule has 3 rings (SSSR count). The number of hydrogen-bond acceptors (Lipinski definition) is 4. The minimum Gasteiger partial charge on any atom is -0.440 e. The van der Waals surface area contributed by atoms with Gasteiger partial charge in [-0.15, -0.1) is 0 Å². The van der Waals surface area contributed by atoms with Gasteiger partial charge in [-0.25, -0.2) is 0 Å². The maximum Gasteiger partial charge on any atom is 0.201 e. The molecule has 2 heterocycles. The summed E-state index contributed by atoms with van der Waals surface area (Å²) in [6.45, 7) is 0.728. The van der Waals surface area contributed by atoms with Gasteiger partial charge in [0.25, 0.3) is 0 Å². The molecule has 2 N–H and O–H groups in total. The fourth-order valence-electron chi connectivity index (χ4n) is 1.73. The van der Waals surface area contributed by atoms with E-state index in [2.05, 4.69) is 4.99 Å². The van der Waals surface area contributed by atoms with Crippen molar-refractivity contribution in [1.82, 2.24) is 0 Å². The van der Waals surface area contributed by atoms with Crippen LogP contribution < -0.4 is 10.6 Å². The van der Waals surface area contributed by atoms with E-state index in [4.69, 9.17) is 10.2 Å². The fourth-order valence-corrected chi connectivity index (χ4v) is 1.73. The Morgan fingerprint density at radius 2 is 2.25 bits per heavy atom. The smallest absolute Gasteiger partial charge is 0.201 e. The van der Waals surface area contributed by atoms with E-state index in [1.54, 1.807) is 6.20 Å². The number of furan rings is 1. The summed E-state index contributed by atoms with van der Waals surface area (Å²) >= 11 is 0. The van der Waals surface area contributed by atoms with E-state index in [0.717, 1.165) is 29.1 Å². The number of hydrogen-bond donors (Lipinski definition) is 1. The summed E-state index contributed by atoms with van der Waals surface area (Å²) in [5.41, 5.74) is 7.31. The molecule has 0 saturated carbocycles. The van der Waals surface area contributed by atoms with E-state index in [1.165, 1.54) is 0 Å². The summed E-state index contributed by atoms with van der Waals surface area (Å²) < 4.78 is 5.72. The Balaban J connectivity index is 2.05. The van der Waals surface area contributed by atoms with Crippen molar-refractivity contribution in [3.63, 3.8) is 0 Å². The van der Waals surface area contributed by atoms with Crippen LogP contribution in [0.3, 0.4) is 0 Å². The Bertz CT molecular complexity index is 583. The Labute approximate surface area is 92.7 Å². The van der Waals surface area contributed by atoms with E-state index in [9.17, 15) is 0 Å². The van der Waals surface area contributed by atoms with E-state index in [1.807, 2.05) is 41.6 Å². The molecule has 0 atom stereocenters. The van der Waals surface area contributed by atoms with Gasteiger partial charge in [-0.2, -0.15) is 0 Å². The molecule has 80 valence electrons. The van der Waals surface area contributed by atoms with E-state index < -0.39 is 0 Å². The van der Waals surface area contributed by atoms with Crippen LogP contribution in [-0.4, -0.2) is 12.8 Å². The van der Waals surface area contributed by atoms with E-state index >= 15 is 0 Å². The molecule has 0 aliphatic carbocycles. The molecule has 0 bridgehead atoms. The number of aliphatic imine (C=N–C) groups is 1. The Morgan fingerprint density at radius 1 is 1.31 bits per heavy atom. The van der Waals surface area contributed by atoms with Crippen LogP contribution in [-0.2, 0) is 0 Å². The van der Waals surface area contributed by atoms with Gasteiger partial charge >= 0.3 is 0 Å². The first-order chi connectivity index (χ1) is 7.83. The van der Waals surface area contributed by atoms with Crippen molar-refractivity contribution < 1.29 is 4.42 Å². The number of nitrogens with zero attached hydrogens (tertiary/aromatic N) is 2. The minimum absolute atomic E-state index is 0.728. The lowest BCUT2D eigenvalue weighted by Gasteiger charge is -2.15. The van der Waals surface area contributed by atoms with Crippen LogP contribution in [0.2, 0.25) is 0 Å². The Morgan fingerprint density at radius 3 is 3.06 bits per heavy atom. The number of rotatable bonds is 1. The van der Waals surface area contributed by atoms with Crippen LogP contribution >= 0.6 is 0 Å². The fraction of sp³-hybridized carbons (Fsp3) is 0.0833. The highest BCUT2D eigenvalue weighted by Crippen LogP contribution is 2.27. The van der Waals surface area contributed by atoms with E-state index in [0.29, 0.717) is 0 Å².